The molecule has 33 heavy (non-hydrogen) atoms. The largest absolute Gasteiger partial charge is 0.493 e. The minimum Gasteiger partial charge on any atom is -0.493 e. The molecule has 0 saturated heterocycles. The maximum atomic E-state index is 13.6. The second-order valence-corrected chi connectivity index (χ2v) is 6.99. The summed E-state index contributed by atoms with van der Waals surface area (Å²) >= 11 is 0. The monoisotopic (exact) mass is 460 g/mol. The fourth-order valence-electron chi connectivity index (χ4n) is 3.33. The lowest BCUT2D eigenvalue weighted by Crippen LogP contribution is -2.26. The summed E-state index contributed by atoms with van der Waals surface area (Å²) in [5, 5.41) is 6.44. The minimum atomic E-state index is -4.71. The highest BCUT2D eigenvalue weighted by Gasteiger charge is 2.36. The molecular weight excluding hydrogens is 441 g/mol. The summed E-state index contributed by atoms with van der Waals surface area (Å²) in [7, 11) is 3.05. The van der Waals surface area contributed by atoms with Crippen molar-refractivity contribution in [3.63, 3.8) is 0 Å². The molecular formula is C22H19F3N4O4. The lowest BCUT2D eigenvalue weighted by Gasteiger charge is -2.11. The average molecular weight is 460 g/mol. The summed E-state index contributed by atoms with van der Waals surface area (Å²) in [6.45, 7) is 0.232. The van der Waals surface area contributed by atoms with Crippen LogP contribution >= 0.6 is 0 Å². The highest BCUT2D eigenvalue weighted by molar-refractivity contribution is 5.99. The topological polar surface area (TPSA) is 90.9 Å². The van der Waals surface area contributed by atoms with Crippen LogP contribution in [0.5, 0.6) is 11.5 Å². The van der Waals surface area contributed by atoms with Crippen molar-refractivity contribution in [1.82, 2.24) is 19.9 Å². The first kappa shape index (κ1) is 22.2. The fourth-order valence-corrected chi connectivity index (χ4v) is 3.33. The van der Waals surface area contributed by atoms with E-state index in [2.05, 4.69) is 15.4 Å². The van der Waals surface area contributed by atoms with E-state index in [1.165, 1.54) is 32.6 Å². The summed E-state index contributed by atoms with van der Waals surface area (Å²) in [5.41, 5.74) is -0.547. The molecule has 0 atom stereocenters. The Hall–Kier alpha value is -4.02. The van der Waals surface area contributed by atoms with E-state index in [4.69, 9.17) is 13.9 Å². The molecule has 4 rings (SSSR count). The Morgan fingerprint density at radius 1 is 1.15 bits per heavy atom. The van der Waals surface area contributed by atoms with Crippen LogP contribution in [0.4, 0.5) is 13.2 Å². The number of hydrogen-bond donors (Lipinski definition) is 1. The number of hydrogen-bond acceptors (Lipinski definition) is 6. The van der Waals surface area contributed by atoms with Crippen LogP contribution in [0.2, 0.25) is 0 Å². The zero-order chi connectivity index (χ0) is 23.6. The predicted molar refractivity (Wildman–Crippen MR) is 111 cm³/mol. The smallest absolute Gasteiger partial charge is 0.433 e. The lowest BCUT2D eigenvalue weighted by molar-refractivity contribution is -0.142. The van der Waals surface area contributed by atoms with Crippen LogP contribution in [0.1, 0.15) is 21.6 Å². The van der Waals surface area contributed by atoms with Crippen LogP contribution in [-0.4, -0.2) is 41.3 Å². The Bertz CT molecular complexity index is 1280. The first-order valence-electron chi connectivity index (χ1n) is 9.80. The number of nitrogens with zero attached hydrogens (tertiary/aromatic N) is 3. The minimum absolute atomic E-state index is 0.0558. The third kappa shape index (κ3) is 4.47. The van der Waals surface area contributed by atoms with Crippen LogP contribution in [0, 0.1) is 0 Å². The molecule has 1 amide bonds. The summed E-state index contributed by atoms with van der Waals surface area (Å²) < 4.78 is 57.1. The van der Waals surface area contributed by atoms with E-state index in [-0.39, 0.29) is 29.2 Å². The average Bonchev–Trinajstić information content (AvgIpc) is 3.47. The van der Waals surface area contributed by atoms with Gasteiger partial charge in [-0.05, 0) is 42.3 Å². The van der Waals surface area contributed by atoms with Gasteiger partial charge in [-0.1, -0.05) is 6.07 Å². The standard InChI is InChI=1S/C22H19F3N4O4/c1-31-17-6-5-13(10-18(17)32-2)7-8-26-21(30)14-12-27-29-19(22(23,24)25)11-15(28-20(14)29)16-4-3-9-33-16/h3-6,9-12H,7-8H2,1-2H3,(H,26,30). The van der Waals surface area contributed by atoms with Gasteiger partial charge in [0.1, 0.15) is 11.3 Å². The van der Waals surface area contributed by atoms with Gasteiger partial charge < -0.3 is 19.2 Å². The number of amides is 1. The van der Waals surface area contributed by atoms with Gasteiger partial charge in [-0.25, -0.2) is 9.50 Å². The Kier molecular flexibility index (Phi) is 5.95. The number of fused-ring (bicyclic) bond motifs is 1. The number of alkyl halides is 3. The van der Waals surface area contributed by atoms with E-state index in [0.717, 1.165) is 17.8 Å². The quantitative estimate of drug-likeness (QED) is 0.448. The zero-order valence-corrected chi connectivity index (χ0v) is 17.6. The Labute approximate surface area is 185 Å². The molecule has 1 aromatic carbocycles. The fraction of sp³-hybridized carbons (Fsp3) is 0.227. The third-order valence-corrected chi connectivity index (χ3v) is 4.93. The van der Waals surface area contributed by atoms with Gasteiger partial charge in [0.05, 0.1) is 26.7 Å². The van der Waals surface area contributed by atoms with E-state index in [0.29, 0.717) is 22.4 Å². The van der Waals surface area contributed by atoms with Crippen LogP contribution in [0.25, 0.3) is 17.1 Å². The molecule has 0 spiro atoms. The first-order chi connectivity index (χ1) is 15.8. The summed E-state index contributed by atoms with van der Waals surface area (Å²) in [6, 6.07) is 9.21. The van der Waals surface area contributed by atoms with Crippen molar-refractivity contribution in [3.8, 4) is 23.0 Å². The molecule has 0 fully saturated rings. The molecule has 3 heterocycles. The molecule has 0 unspecified atom stereocenters. The zero-order valence-electron chi connectivity index (χ0n) is 17.6. The van der Waals surface area contributed by atoms with Gasteiger partial charge in [0.25, 0.3) is 5.91 Å². The van der Waals surface area contributed by atoms with E-state index < -0.39 is 17.8 Å². The number of carbonyl (C=O) groups excluding carboxylic acids is 1. The van der Waals surface area contributed by atoms with Crippen molar-refractivity contribution in [2.75, 3.05) is 20.8 Å². The molecule has 4 aromatic rings. The van der Waals surface area contributed by atoms with E-state index in [9.17, 15) is 18.0 Å². The molecule has 0 bridgehead atoms. The lowest BCUT2D eigenvalue weighted by atomic mass is 10.1. The van der Waals surface area contributed by atoms with Crippen molar-refractivity contribution >= 4 is 11.6 Å². The summed E-state index contributed by atoms with van der Waals surface area (Å²) in [4.78, 5) is 16.9. The molecule has 8 nitrogen and oxygen atoms in total. The van der Waals surface area contributed by atoms with Crippen LogP contribution in [0.15, 0.2) is 53.3 Å². The number of furan rings is 1. The number of methoxy groups -OCH3 is 2. The number of ether oxygens (including phenoxy) is 2. The van der Waals surface area contributed by atoms with Crippen LogP contribution in [0.3, 0.4) is 0 Å². The molecule has 0 aliphatic heterocycles. The number of nitrogens with one attached hydrogen (secondary N) is 1. The molecule has 11 heteroatoms. The van der Waals surface area contributed by atoms with Gasteiger partial charge in [-0.2, -0.15) is 18.3 Å². The maximum absolute atomic E-state index is 13.6. The van der Waals surface area contributed by atoms with Crippen LogP contribution < -0.4 is 14.8 Å². The molecule has 1 N–H and O–H groups in total. The van der Waals surface area contributed by atoms with Gasteiger partial charge in [0.15, 0.2) is 28.6 Å². The van der Waals surface area contributed by atoms with Crippen LogP contribution in [-0.2, 0) is 12.6 Å². The van der Waals surface area contributed by atoms with E-state index in [1.807, 2.05) is 6.07 Å². The van der Waals surface area contributed by atoms with Gasteiger partial charge in [0.2, 0.25) is 0 Å². The third-order valence-electron chi connectivity index (χ3n) is 4.93. The number of aromatic nitrogens is 3. The van der Waals surface area contributed by atoms with E-state index in [1.54, 1.807) is 12.1 Å². The number of halogens is 3. The van der Waals surface area contributed by atoms with Gasteiger partial charge in [-0.15, -0.1) is 0 Å². The number of benzene rings is 1. The molecule has 0 saturated carbocycles. The van der Waals surface area contributed by atoms with Crippen molar-refractivity contribution in [1.29, 1.82) is 0 Å². The Morgan fingerprint density at radius 2 is 1.94 bits per heavy atom. The summed E-state index contributed by atoms with van der Waals surface area (Å²) in [6.07, 6.45) is -1.86. The van der Waals surface area contributed by atoms with Crippen molar-refractivity contribution < 1.29 is 31.9 Å². The molecule has 3 aromatic heterocycles. The van der Waals surface area contributed by atoms with Crippen molar-refractivity contribution in [2.24, 2.45) is 0 Å². The SMILES string of the molecule is COc1ccc(CCNC(=O)c2cnn3c(C(F)(F)F)cc(-c4ccco4)nc23)cc1OC. The highest BCUT2D eigenvalue weighted by atomic mass is 19.4. The number of rotatable bonds is 7. The highest BCUT2D eigenvalue weighted by Crippen LogP contribution is 2.33. The Morgan fingerprint density at radius 3 is 2.61 bits per heavy atom. The molecule has 172 valence electrons. The first-order valence-corrected chi connectivity index (χ1v) is 9.80. The maximum Gasteiger partial charge on any atom is 0.433 e. The van der Waals surface area contributed by atoms with Gasteiger partial charge in [-0.3, -0.25) is 4.79 Å². The normalized spacial score (nSPS) is 11.5. The van der Waals surface area contributed by atoms with Gasteiger partial charge in [0, 0.05) is 6.54 Å². The molecule has 0 radical (unpaired) electrons. The van der Waals surface area contributed by atoms with E-state index >= 15 is 0 Å². The number of carbonyl (C=O) groups is 1. The predicted octanol–water partition coefficient (Wildman–Crippen LogP) is 4.00. The van der Waals surface area contributed by atoms with Gasteiger partial charge >= 0.3 is 6.18 Å². The molecule has 0 aliphatic rings. The Balaban J connectivity index is 1.58. The second kappa shape index (κ2) is 8.85. The summed E-state index contributed by atoms with van der Waals surface area (Å²) in [5.74, 6) is 0.681. The van der Waals surface area contributed by atoms with Crippen molar-refractivity contribution in [2.45, 2.75) is 12.6 Å². The molecule has 0 aliphatic carbocycles. The van der Waals surface area contributed by atoms with Crippen molar-refractivity contribution in [3.05, 3.63) is 65.7 Å². The second-order valence-electron chi connectivity index (χ2n) is 6.99.